The Balaban J connectivity index is 1.65. The number of carbonyl (C=O) groups excluding carboxylic acids is 1. The Hall–Kier alpha value is -1.58. The average molecular weight is 466 g/mol. The molecule has 0 N–H and O–H groups in total. The van der Waals surface area contributed by atoms with Crippen molar-refractivity contribution in [3.63, 3.8) is 0 Å². The SMILES string of the molecule is Cn1nc(C(=O)N2CCN(Cc3cccc(Cl)c3)CC2)c(Br)c1C(F)(F)F. The molecular weight excluding hydrogens is 449 g/mol. The van der Waals surface area contributed by atoms with Crippen molar-refractivity contribution in [2.24, 2.45) is 7.05 Å². The number of hydrogen-bond donors (Lipinski definition) is 0. The van der Waals surface area contributed by atoms with E-state index in [-0.39, 0.29) is 10.2 Å². The number of hydrogen-bond acceptors (Lipinski definition) is 3. The van der Waals surface area contributed by atoms with Crippen molar-refractivity contribution in [2.45, 2.75) is 12.7 Å². The maximum atomic E-state index is 13.1. The molecule has 3 rings (SSSR count). The van der Waals surface area contributed by atoms with Crippen LogP contribution in [0.5, 0.6) is 0 Å². The van der Waals surface area contributed by atoms with Crippen molar-refractivity contribution in [1.29, 1.82) is 0 Å². The van der Waals surface area contributed by atoms with Crippen LogP contribution in [0.1, 0.15) is 21.7 Å². The number of alkyl halides is 3. The van der Waals surface area contributed by atoms with E-state index in [0.717, 1.165) is 5.56 Å². The van der Waals surface area contributed by atoms with Gasteiger partial charge in [0.25, 0.3) is 5.91 Å². The van der Waals surface area contributed by atoms with Crippen molar-refractivity contribution in [3.8, 4) is 0 Å². The van der Waals surface area contributed by atoms with Gasteiger partial charge in [-0.15, -0.1) is 0 Å². The van der Waals surface area contributed by atoms with Crippen molar-refractivity contribution in [2.75, 3.05) is 26.2 Å². The Morgan fingerprint density at radius 2 is 1.93 bits per heavy atom. The van der Waals surface area contributed by atoms with E-state index in [0.29, 0.717) is 42.4 Å². The molecule has 0 aliphatic carbocycles. The highest BCUT2D eigenvalue weighted by atomic mass is 79.9. The van der Waals surface area contributed by atoms with Crippen molar-refractivity contribution in [1.82, 2.24) is 19.6 Å². The van der Waals surface area contributed by atoms with Crippen LogP contribution in [-0.4, -0.2) is 51.7 Å². The average Bonchev–Trinajstić information content (AvgIpc) is 2.89. The molecule has 0 unspecified atom stereocenters. The van der Waals surface area contributed by atoms with E-state index < -0.39 is 17.8 Å². The van der Waals surface area contributed by atoms with E-state index in [4.69, 9.17) is 11.6 Å². The third-order valence-corrected chi connectivity index (χ3v) is 5.40. The largest absolute Gasteiger partial charge is 0.434 e. The van der Waals surface area contributed by atoms with Gasteiger partial charge in [0.05, 0.1) is 4.47 Å². The number of benzene rings is 1. The van der Waals surface area contributed by atoms with Crippen LogP contribution < -0.4 is 0 Å². The summed E-state index contributed by atoms with van der Waals surface area (Å²) in [7, 11) is 1.17. The normalized spacial score (nSPS) is 16.0. The van der Waals surface area contributed by atoms with Gasteiger partial charge in [-0.3, -0.25) is 14.4 Å². The minimum atomic E-state index is -4.59. The first-order valence-electron chi connectivity index (χ1n) is 8.22. The standard InChI is InChI=1S/C17H17BrClF3N4O/c1-24-15(17(20,21)22)13(18)14(23-24)16(27)26-7-5-25(6-8-26)10-11-3-2-4-12(19)9-11/h2-4,9H,5-8,10H2,1H3. The fourth-order valence-corrected chi connectivity index (χ4v) is 4.04. The lowest BCUT2D eigenvalue weighted by molar-refractivity contribution is -0.144. The Labute approximate surface area is 167 Å². The molecule has 0 saturated carbocycles. The van der Waals surface area contributed by atoms with Crippen molar-refractivity contribution < 1.29 is 18.0 Å². The van der Waals surface area contributed by atoms with Gasteiger partial charge in [0.2, 0.25) is 0 Å². The molecule has 0 spiro atoms. The number of halogens is 5. The maximum absolute atomic E-state index is 13.1. The second-order valence-corrected chi connectivity index (χ2v) is 7.56. The summed E-state index contributed by atoms with van der Waals surface area (Å²) >= 11 is 8.89. The zero-order valence-electron chi connectivity index (χ0n) is 14.4. The first kappa shape index (κ1) is 20.2. The molecule has 2 aromatic rings. The summed E-state index contributed by atoms with van der Waals surface area (Å²) in [4.78, 5) is 16.3. The van der Waals surface area contributed by atoms with Gasteiger partial charge < -0.3 is 4.90 Å². The van der Waals surface area contributed by atoms with Crippen LogP contribution in [0.3, 0.4) is 0 Å². The molecule has 0 bridgehead atoms. The molecule has 27 heavy (non-hydrogen) atoms. The topological polar surface area (TPSA) is 41.4 Å². The molecule has 0 atom stereocenters. The Kier molecular flexibility index (Phi) is 5.83. The number of aromatic nitrogens is 2. The molecule has 5 nitrogen and oxygen atoms in total. The predicted octanol–water partition coefficient (Wildman–Crippen LogP) is 3.81. The summed E-state index contributed by atoms with van der Waals surface area (Å²) in [5, 5.41) is 4.45. The Morgan fingerprint density at radius 3 is 2.48 bits per heavy atom. The summed E-state index contributed by atoms with van der Waals surface area (Å²) in [6, 6.07) is 7.56. The van der Waals surface area contributed by atoms with Crippen molar-refractivity contribution >= 4 is 33.4 Å². The fourth-order valence-electron chi connectivity index (χ4n) is 3.10. The third-order valence-electron chi connectivity index (χ3n) is 4.42. The van der Waals surface area contributed by atoms with E-state index in [1.807, 2.05) is 24.3 Å². The van der Waals surface area contributed by atoms with Gasteiger partial charge in [-0.05, 0) is 33.6 Å². The molecule has 10 heteroatoms. The summed E-state index contributed by atoms with van der Waals surface area (Å²) in [6.07, 6.45) is -4.59. The molecular formula is C17H17BrClF3N4O. The van der Waals surface area contributed by atoms with Crippen LogP contribution in [0.15, 0.2) is 28.7 Å². The van der Waals surface area contributed by atoms with Gasteiger partial charge in [-0.2, -0.15) is 18.3 Å². The molecule has 1 saturated heterocycles. The lowest BCUT2D eigenvalue weighted by atomic mass is 10.2. The number of rotatable bonds is 3. The van der Waals surface area contributed by atoms with Crippen molar-refractivity contribution in [3.05, 3.63) is 50.7 Å². The lowest BCUT2D eigenvalue weighted by Gasteiger charge is -2.34. The van der Waals surface area contributed by atoms with E-state index >= 15 is 0 Å². The summed E-state index contributed by atoms with van der Waals surface area (Å²) in [5.74, 6) is -0.504. The maximum Gasteiger partial charge on any atom is 0.434 e. The smallest absolute Gasteiger partial charge is 0.335 e. The number of piperazine rings is 1. The molecule has 2 heterocycles. The van der Waals surface area contributed by atoms with Crippen LogP contribution in [0.2, 0.25) is 5.02 Å². The zero-order chi connectivity index (χ0) is 19.8. The number of aryl methyl sites for hydroxylation is 1. The van der Waals surface area contributed by atoms with E-state index in [1.54, 1.807) is 0 Å². The Bertz CT molecular complexity index is 847. The van der Waals surface area contributed by atoms with Gasteiger partial charge in [0, 0.05) is 44.8 Å². The summed E-state index contributed by atoms with van der Waals surface area (Å²) < 4.78 is 39.6. The number of carbonyl (C=O) groups is 1. The van der Waals surface area contributed by atoms with Gasteiger partial charge in [-0.1, -0.05) is 23.7 Å². The van der Waals surface area contributed by atoms with Crippen LogP contribution in [0.4, 0.5) is 13.2 Å². The van der Waals surface area contributed by atoms with Gasteiger partial charge in [0.15, 0.2) is 11.4 Å². The van der Waals surface area contributed by atoms with E-state index in [2.05, 4.69) is 25.9 Å². The quantitative estimate of drug-likeness (QED) is 0.692. The second-order valence-electron chi connectivity index (χ2n) is 6.33. The van der Waals surface area contributed by atoms with Gasteiger partial charge in [-0.25, -0.2) is 0 Å². The van der Waals surface area contributed by atoms with Gasteiger partial charge in [0.1, 0.15) is 0 Å². The molecule has 146 valence electrons. The highest BCUT2D eigenvalue weighted by Crippen LogP contribution is 2.36. The summed E-state index contributed by atoms with van der Waals surface area (Å²) in [6.45, 7) is 2.78. The minimum Gasteiger partial charge on any atom is -0.335 e. The van der Waals surface area contributed by atoms with E-state index in [1.165, 1.54) is 11.9 Å². The van der Waals surface area contributed by atoms with Gasteiger partial charge >= 0.3 is 6.18 Å². The lowest BCUT2D eigenvalue weighted by Crippen LogP contribution is -2.48. The molecule has 0 radical (unpaired) electrons. The monoisotopic (exact) mass is 464 g/mol. The minimum absolute atomic E-state index is 0.215. The zero-order valence-corrected chi connectivity index (χ0v) is 16.8. The number of amides is 1. The first-order chi connectivity index (χ1) is 12.7. The first-order valence-corrected chi connectivity index (χ1v) is 9.39. The van der Waals surface area contributed by atoms with E-state index in [9.17, 15) is 18.0 Å². The van der Waals surface area contributed by atoms with Crippen LogP contribution in [0.25, 0.3) is 0 Å². The second kappa shape index (κ2) is 7.81. The van der Waals surface area contributed by atoms with Crippen LogP contribution in [0, 0.1) is 0 Å². The molecule has 1 fully saturated rings. The molecule has 1 amide bonds. The molecule has 1 aromatic heterocycles. The summed E-state index contributed by atoms with van der Waals surface area (Å²) in [5.41, 5.74) is -0.108. The van der Waals surface area contributed by atoms with Crippen LogP contribution >= 0.6 is 27.5 Å². The third kappa shape index (κ3) is 4.47. The predicted molar refractivity (Wildman–Crippen MR) is 98.5 cm³/mol. The molecule has 1 aliphatic heterocycles. The highest BCUT2D eigenvalue weighted by molar-refractivity contribution is 9.10. The molecule has 1 aliphatic rings. The highest BCUT2D eigenvalue weighted by Gasteiger charge is 2.40. The Morgan fingerprint density at radius 1 is 1.26 bits per heavy atom. The number of nitrogens with zero attached hydrogens (tertiary/aromatic N) is 4. The fraction of sp³-hybridized carbons (Fsp3) is 0.412. The van der Waals surface area contributed by atoms with Crippen LogP contribution in [-0.2, 0) is 19.8 Å². The molecule has 1 aromatic carbocycles.